The van der Waals surface area contributed by atoms with Crippen LogP contribution in [0.5, 0.6) is 0 Å². The standard InChI is InChI=1S/C10H20O2.BH3.Zr/c1-10(2,3)8-6-4-5-7-9(11)12;;/h4-8H2,1-3H3,(H,11,12);1H3;. The van der Waals surface area contributed by atoms with Gasteiger partial charge in [0, 0.05) is 32.6 Å². The molecule has 0 atom stereocenters. The van der Waals surface area contributed by atoms with Crippen LogP contribution >= 0.6 is 0 Å². The Labute approximate surface area is 109 Å². The molecule has 0 aliphatic rings. The fourth-order valence-corrected chi connectivity index (χ4v) is 1.11. The molecular weight excluding hydrogens is 254 g/mol. The minimum absolute atomic E-state index is 0. The molecule has 0 bridgehead atoms. The Bertz CT molecular complexity index is 144. The zero-order chi connectivity index (χ0) is 9.61. The average Bonchev–Trinajstić information content (AvgIpc) is 1.83. The van der Waals surface area contributed by atoms with Crippen LogP contribution in [-0.4, -0.2) is 19.5 Å². The van der Waals surface area contributed by atoms with Gasteiger partial charge in [0.05, 0.1) is 8.41 Å². The van der Waals surface area contributed by atoms with E-state index in [0.29, 0.717) is 11.8 Å². The number of carboxylic acids is 1. The minimum Gasteiger partial charge on any atom is -0.481 e. The van der Waals surface area contributed by atoms with Gasteiger partial charge in [-0.2, -0.15) is 0 Å². The molecular formula is C10H23BO2Zr. The molecule has 0 aromatic rings. The van der Waals surface area contributed by atoms with Crippen molar-refractivity contribution in [3.63, 3.8) is 0 Å². The first kappa shape index (κ1) is 19.9. The van der Waals surface area contributed by atoms with Gasteiger partial charge in [-0.1, -0.05) is 33.6 Å². The summed E-state index contributed by atoms with van der Waals surface area (Å²) in [6, 6.07) is 0. The number of unbranched alkanes of at least 4 members (excludes halogenated alkanes) is 2. The van der Waals surface area contributed by atoms with Crippen LogP contribution in [0.4, 0.5) is 0 Å². The summed E-state index contributed by atoms with van der Waals surface area (Å²) in [7, 11) is 0. The number of hydrogen-bond acceptors (Lipinski definition) is 1. The molecule has 0 aromatic heterocycles. The van der Waals surface area contributed by atoms with Crippen LogP contribution in [0.25, 0.3) is 0 Å². The quantitative estimate of drug-likeness (QED) is 0.615. The largest absolute Gasteiger partial charge is 0.481 e. The summed E-state index contributed by atoms with van der Waals surface area (Å²) in [4.78, 5) is 10.2. The van der Waals surface area contributed by atoms with Crippen molar-refractivity contribution in [1.29, 1.82) is 0 Å². The van der Waals surface area contributed by atoms with E-state index in [0.717, 1.165) is 19.3 Å². The Kier molecular flexibility index (Phi) is 14.2. The van der Waals surface area contributed by atoms with Gasteiger partial charge in [0.2, 0.25) is 0 Å². The zero-order valence-corrected chi connectivity index (χ0v) is 11.3. The summed E-state index contributed by atoms with van der Waals surface area (Å²) in [5.41, 5.74) is 0.392. The summed E-state index contributed by atoms with van der Waals surface area (Å²) in [5.74, 6) is -0.675. The second-order valence-corrected chi connectivity index (χ2v) is 4.52. The molecule has 0 aromatic carbocycles. The van der Waals surface area contributed by atoms with Gasteiger partial charge in [0.15, 0.2) is 0 Å². The number of carbonyl (C=O) groups is 1. The third-order valence-electron chi connectivity index (χ3n) is 1.82. The molecule has 0 aliphatic carbocycles. The first-order chi connectivity index (χ1) is 5.42. The maximum Gasteiger partial charge on any atom is 0.303 e. The molecule has 0 unspecified atom stereocenters. The molecule has 0 amide bonds. The van der Waals surface area contributed by atoms with Gasteiger partial charge in [0.25, 0.3) is 0 Å². The first-order valence-electron chi connectivity index (χ1n) is 4.63. The van der Waals surface area contributed by atoms with Crippen molar-refractivity contribution < 1.29 is 36.1 Å². The van der Waals surface area contributed by atoms with Gasteiger partial charge >= 0.3 is 5.97 Å². The van der Waals surface area contributed by atoms with E-state index < -0.39 is 5.97 Å². The van der Waals surface area contributed by atoms with Crippen molar-refractivity contribution in [2.45, 2.75) is 52.9 Å². The summed E-state index contributed by atoms with van der Waals surface area (Å²) >= 11 is 0. The summed E-state index contributed by atoms with van der Waals surface area (Å²) in [6.07, 6.45) is 4.53. The third kappa shape index (κ3) is 18.3. The number of aliphatic carboxylic acids is 1. The van der Waals surface area contributed by atoms with Crippen LogP contribution in [0.2, 0.25) is 0 Å². The van der Waals surface area contributed by atoms with Gasteiger partial charge in [-0.25, -0.2) is 0 Å². The Hall–Kier alpha value is 0.418. The molecule has 14 heavy (non-hydrogen) atoms. The predicted octanol–water partition coefficient (Wildman–Crippen LogP) is 1.88. The molecule has 0 spiro atoms. The van der Waals surface area contributed by atoms with Crippen molar-refractivity contribution >= 4 is 14.4 Å². The van der Waals surface area contributed by atoms with Gasteiger partial charge in [0.1, 0.15) is 0 Å². The molecule has 82 valence electrons. The smallest absolute Gasteiger partial charge is 0.303 e. The molecule has 0 rings (SSSR count). The van der Waals surface area contributed by atoms with E-state index in [2.05, 4.69) is 20.8 Å². The number of rotatable bonds is 5. The maximum atomic E-state index is 10.2. The Morgan fingerprint density at radius 2 is 1.64 bits per heavy atom. The van der Waals surface area contributed by atoms with E-state index in [1.165, 1.54) is 6.42 Å². The van der Waals surface area contributed by atoms with Crippen molar-refractivity contribution in [2.75, 3.05) is 0 Å². The first-order valence-corrected chi connectivity index (χ1v) is 4.63. The monoisotopic (exact) mass is 276 g/mol. The van der Waals surface area contributed by atoms with E-state index in [9.17, 15) is 4.79 Å². The second-order valence-electron chi connectivity index (χ2n) is 4.52. The van der Waals surface area contributed by atoms with Crippen LogP contribution in [0, 0.1) is 5.41 Å². The fraction of sp³-hybridized carbons (Fsp3) is 0.900. The van der Waals surface area contributed by atoms with Crippen LogP contribution < -0.4 is 0 Å². The summed E-state index contributed by atoms with van der Waals surface area (Å²) < 4.78 is 0. The molecule has 0 saturated carbocycles. The normalized spacial score (nSPS) is 9.93. The molecule has 0 saturated heterocycles. The summed E-state index contributed by atoms with van der Waals surface area (Å²) in [6.45, 7) is 6.64. The Morgan fingerprint density at radius 3 is 2.00 bits per heavy atom. The molecule has 2 nitrogen and oxygen atoms in total. The molecule has 1 N–H and O–H groups in total. The van der Waals surface area contributed by atoms with Gasteiger partial charge < -0.3 is 5.11 Å². The van der Waals surface area contributed by atoms with E-state index >= 15 is 0 Å². The SMILES string of the molecule is B.CC(C)(C)CCCCCC(=O)O.[Zr]. The predicted molar refractivity (Wildman–Crippen MR) is 60.1 cm³/mol. The van der Waals surface area contributed by atoms with Gasteiger partial charge in [-0.05, 0) is 18.3 Å². The Morgan fingerprint density at radius 1 is 1.14 bits per heavy atom. The van der Waals surface area contributed by atoms with Crippen molar-refractivity contribution in [3.8, 4) is 0 Å². The zero-order valence-electron chi connectivity index (χ0n) is 8.89. The number of carboxylic acid groups (broad SMARTS) is 1. The van der Waals surface area contributed by atoms with Crippen molar-refractivity contribution in [3.05, 3.63) is 0 Å². The molecule has 0 radical (unpaired) electrons. The van der Waals surface area contributed by atoms with Crippen molar-refractivity contribution in [2.24, 2.45) is 5.41 Å². The minimum atomic E-state index is -0.675. The summed E-state index contributed by atoms with van der Waals surface area (Å²) in [5, 5.41) is 8.37. The topological polar surface area (TPSA) is 37.3 Å². The Balaban J connectivity index is -0.000000605. The fourth-order valence-electron chi connectivity index (χ4n) is 1.11. The molecule has 0 fully saturated rings. The van der Waals surface area contributed by atoms with Crippen LogP contribution in [0.1, 0.15) is 52.9 Å². The average molecular weight is 277 g/mol. The number of hydrogen-bond donors (Lipinski definition) is 1. The van der Waals surface area contributed by atoms with E-state index in [4.69, 9.17) is 5.11 Å². The van der Waals surface area contributed by atoms with Gasteiger partial charge in [-0.3, -0.25) is 4.79 Å². The molecule has 0 aliphatic heterocycles. The third-order valence-corrected chi connectivity index (χ3v) is 1.82. The van der Waals surface area contributed by atoms with Gasteiger partial charge in [-0.15, -0.1) is 0 Å². The second kappa shape index (κ2) is 9.95. The van der Waals surface area contributed by atoms with Crippen LogP contribution in [0.15, 0.2) is 0 Å². The van der Waals surface area contributed by atoms with E-state index in [-0.39, 0.29) is 34.6 Å². The maximum absolute atomic E-state index is 10.2. The van der Waals surface area contributed by atoms with Crippen LogP contribution in [-0.2, 0) is 31.0 Å². The van der Waals surface area contributed by atoms with Crippen LogP contribution in [0.3, 0.4) is 0 Å². The molecule has 4 heteroatoms. The van der Waals surface area contributed by atoms with E-state index in [1.54, 1.807) is 0 Å². The van der Waals surface area contributed by atoms with E-state index in [1.807, 2.05) is 0 Å². The van der Waals surface area contributed by atoms with Crippen molar-refractivity contribution in [1.82, 2.24) is 0 Å². The molecule has 0 heterocycles.